The molecule has 15 heavy (non-hydrogen) atoms. The number of nitrogens with zero attached hydrogens (tertiary/aromatic N) is 4. The Hall–Kier alpha value is -2.45. The summed E-state index contributed by atoms with van der Waals surface area (Å²) in [4.78, 5) is 14.6. The van der Waals surface area contributed by atoms with E-state index >= 15 is 0 Å². The first kappa shape index (κ1) is 10.6. The average molecular weight is 214 g/mol. The number of carbonyl (C=O) groups is 1. The van der Waals surface area contributed by atoms with E-state index in [9.17, 15) is 10.0 Å². The molecular formula is C6H6N4O5. The first-order valence-corrected chi connectivity index (χ1v) is 3.63. The Bertz CT molecular complexity index is 410. The lowest BCUT2D eigenvalue weighted by atomic mass is 10.3. The second kappa shape index (κ2) is 4.69. The summed E-state index contributed by atoms with van der Waals surface area (Å²) >= 11 is 0. The zero-order valence-electron chi connectivity index (χ0n) is 7.52. The Labute approximate surface area is 82.8 Å². The van der Waals surface area contributed by atoms with Crippen LogP contribution >= 0.6 is 0 Å². The number of oxime groups is 2. The topological polar surface area (TPSA) is 124 Å². The van der Waals surface area contributed by atoms with Crippen molar-refractivity contribution in [3.8, 4) is 0 Å². The Kier molecular flexibility index (Phi) is 3.33. The summed E-state index contributed by atoms with van der Waals surface area (Å²) in [6.45, 7) is 1.16. The fraction of sp³-hybridized carbons (Fsp3) is 0.167. The molecule has 80 valence electrons. The van der Waals surface area contributed by atoms with Crippen molar-refractivity contribution in [2.24, 2.45) is 10.3 Å². The third-order valence-electron chi connectivity index (χ3n) is 1.21. The molecule has 0 amide bonds. The van der Waals surface area contributed by atoms with Gasteiger partial charge in [-0.25, -0.2) is 4.79 Å². The first-order valence-electron chi connectivity index (χ1n) is 3.63. The fourth-order valence-electron chi connectivity index (χ4n) is 0.674. The molecule has 0 aliphatic carbocycles. The predicted molar refractivity (Wildman–Crippen MR) is 44.2 cm³/mol. The van der Waals surface area contributed by atoms with Gasteiger partial charge in [0.15, 0.2) is 0 Å². The van der Waals surface area contributed by atoms with Crippen molar-refractivity contribution in [3.63, 3.8) is 0 Å². The van der Waals surface area contributed by atoms with Crippen molar-refractivity contribution in [1.82, 2.24) is 5.16 Å². The summed E-state index contributed by atoms with van der Waals surface area (Å²) in [5, 5.41) is 28.2. The molecule has 0 atom stereocenters. The molecule has 1 rings (SSSR count). The maximum atomic E-state index is 10.8. The van der Waals surface area contributed by atoms with E-state index < -0.39 is 5.97 Å². The Morgan fingerprint density at radius 2 is 2.47 bits per heavy atom. The second-order valence-electron chi connectivity index (χ2n) is 2.26. The van der Waals surface area contributed by atoms with Crippen LogP contribution < -0.4 is 4.90 Å². The van der Waals surface area contributed by atoms with Crippen LogP contribution in [0.1, 0.15) is 18.3 Å². The van der Waals surface area contributed by atoms with E-state index in [-0.39, 0.29) is 16.3 Å². The Morgan fingerprint density at radius 1 is 1.73 bits per heavy atom. The van der Waals surface area contributed by atoms with Gasteiger partial charge in [-0.05, 0) is 4.90 Å². The van der Waals surface area contributed by atoms with Gasteiger partial charge < -0.3 is 15.3 Å². The number of carbonyl (C=O) groups excluding carboxylic acids is 1. The van der Waals surface area contributed by atoms with E-state index in [2.05, 4.69) is 24.9 Å². The molecule has 0 unspecified atom stereocenters. The lowest BCUT2D eigenvalue weighted by Gasteiger charge is -1.86. The number of aromatic nitrogens is 2. The minimum absolute atomic E-state index is 0.00877. The van der Waals surface area contributed by atoms with Gasteiger partial charge >= 0.3 is 5.97 Å². The van der Waals surface area contributed by atoms with Crippen molar-refractivity contribution in [3.05, 3.63) is 16.6 Å². The number of hydrogen-bond donors (Lipinski definition) is 1. The van der Waals surface area contributed by atoms with E-state index in [0.717, 1.165) is 19.4 Å². The minimum Gasteiger partial charge on any atom is -0.411 e. The predicted octanol–water partition coefficient (Wildman–Crippen LogP) is -0.987. The molecule has 0 aromatic carbocycles. The molecule has 0 spiro atoms. The summed E-state index contributed by atoms with van der Waals surface area (Å²) < 4.78 is 4.18. The van der Waals surface area contributed by atoms with E-state index in [4.69, 9.17) is 5.21 Å². The standard InChI is InChI=1S/C6H6N4O5/c1-4(11)14-8-2-5-6(3-7-12)10(13)15-9-5/h2-3,12H,1H3/b7-3+,8-2?. The van der Waals surface area contributed by atoms with Crippen LogP contribution in [0.4, 0.5) is 0 Å². The molecule has 1 heterocycles. The molecular weight excluding hydrogens is 208 g/mol. The molecule has 0 saturated heterocycles. The lowest BCUT2D eigenvalue weighted by molar-refractivity contribution is -0.803. The van der Waals surface area contributed by atoms with Crippen LogP contribution in [0.25, 0.3) is 0 Å². The van der Waals surface area contributed by atoms with Crippen LogP contribution in [0.5, 0.6) is 0 Å². The summed E-state index contributed by atoms with van der Waals surface area (Å²) in [6.07, 6.45) is 1.77. The van der Waals surface area contributed by atoms with Crippen molar-refractivity contribution in [2.45, 2.75) is 6.92 Å². The molecule has 0 fully saturated rings. The third-order valence-corrected chi connectivity index (χ3v) is 1.21. The zero-order chi connectivity index (χ0) is 11.3. The third kappa shape index (κ3) is 2.76. The van der Waals surface area contributed by atoms with Gasteiger partial charge in [-0.2, -0.15) is 0 Å². The van der Waals surface area contributed by atoms with Gasteiger partial charge in [0.2, 0.25) is 5.69 Å². The van der Waals surface area contributed by atoms with E-state index in [1.54, 1.807) is 0 Å². The molecule has 1 N–H and O–H groups in total. The average Bonchev–Trinajstić information content (AvgIpc) is 2.50. The van der Waals surface area contributed by atoms with Crippen LogP contribution in [-0.2, 0) is 9.63 Å². The van der Waals surface area contributed by atoms with Crippen molar-refractivity contribution < 1.29 is 24.4 Å². The summed E-state index contributed by atoms with van der Waals surface area (Å²) in [5.74, 6) is -0.623. The molecule has 0 radical (unpaired) electrons. The summed E-state index contributed by atoms with van der Waals surface area (Å²) in [7, 11) is 0. The summed E-state index contributed by atoms with van der Waals surface area (Å²) in [6, 6.07) is 0. The highest BCUT2D eigenvalue weighted by molar-refractivity contribution is 5.89. The van der Waals surface area contributed by atoms with Gasteiger partial charge in [0.05, 0.1) is 0 Å². The van der Waals surface area contributed by atoms with Crippen molar-refractivity contribution in [2.75, 3.05) is 0 Å². The minimum atomic E-state index is -0.623. The van der Waals surface area contributed by atoms with E-state index in [1.165, 1.54) is 0 Å². The molecule has 9 heteroatoms. The first-order chi connectivity index (χ1) is 7.15. The molecule has 1 aromatic heterocycles. The molecule has 0 saturated carbocycles. The van der Waals surface area contributed by atoms with Crippen molar-refractivity contribution >= 4 is 18.4 Å². The normalized spacial score (nSPS) is 11.3. The maximum absolute atomic E-state index is 10.8. The maximum Gasteiger partial charge on any atom is 0.331 e. The molecule has 0 bridgehead atoms. The van der Waals surface area contributed by atoms with E-state index in [1.807, 2.05) is 0 Å². The van der Waals surface area contributed by atoms with Crippen LogP contribution in [0.3, 0.4) is 0 Å². The smallest absolute Gasteiger partial charge is 0.331 e. The van der Waals surface area contributed by atoms with E-state index in [0.29, 0.717) is 0 Å². The van der Waals surface area contributed by atoms with Crippen LogP contribution in [0.2, 0.25) is 0 Å². The molecule has 0 aliphatic rings. The Balaban J connectivity index is 2.85. The van der Waals surface area contributed by atoms with Gasteiger partial charge in [0.25, 0.3) is 5.69 Å². The monoisotopic (exact) mass is 214 g/mol. The van der Waals surface area contributed by atoms with Gasteiger partial charge in [-0.3, -0.25) is 4.63 Å². The second-order valence-corrected chi connectivity index (χ2v) is 2.26. The SMILES string of the molecule is CC(=O)ON=Cc1no[n+]([O-])c1/C=N/O. The largest absolute Gasteiger partial charge is 0.411 e. The number of hydrogen-bond acceptors (Lipinski definition) is 8. The highest BCUT2D eigenvalue weighted by Crippen LogP contribution is 1.94. The fourth-order valence-corrected chi connectivity index (χ4v) is 0.674. The van der Waals surface area contributed by atoms with Gasteiger partial charge in [-0.1, -0.05) is 10.3 Å². The van der Waals surface area contributed by atoms with Gasteiger partial charge in [0.1, 0.15) is 12.4 Å². The van der Waals surface area contributed by atoms with Crippen LogP contribution in [0, 0.1) is 5.21 Å². The van der Waals surface area contributed by atoms with Gasteiger partial charge in [-0.15, -0.1) is 0 Å². The highest BCUT2D eigenvalue weighted by atomic mass is 16.8. The lowest BCUT2D eigenvalue weighted by Crippen LogP contribution is -2.28. The molecule has 9 nitrogen and oxygen atoms in total. The molecule has 0 aliphatic heterocycles. The van der Waals surface area contributed by atoms with Crippen LogP contribution in [-0.4, -0.2) is 28.8 Å². The van der Waals surface area contributed by atoms with Crippen molar-refractivity contribution in [1.29, 1.82) is 0 Å². The molecule has 1 aromatic rings. The Morgan fingerprint density at radius 3 is 3.07 bits per heavy atom. The highest BCUT2D eigenvalue weighted by Gasteiger charge is 2.15. The van der Waals surface area contributed by atoms with Crippen LogP contribution in [0.15, 0.2) is 14.9 Å². The quantitative estimate of drug-likeness (QED) is 0.226. The number of rotatable bonds is 3. The van der Waals surface area contributed by atoms with Gasteiger partial charge in [0, 0.05) is 12.1 Å². The zero-order valence-corrected chi connectivity index (χ0v) is 7.52. The summed E-state index contributed by atoms with van der Waals surface area (Å²) in [5.41, 5.74) is -0.211.